The van der Waals surface area contributed by atoms with E-state index in [-0.39, 0.29) is 0 Å². The fraction of sp³-hybridized carbons (Fsp3) is 0.167. The van der Waals surface area contributed by atoms with Crippen molar-refractivity contribution >= 4 is 11.9 Å². The molecular formula is C18H15N3O. The Labute approximate surface area is 128 Å². The second-order valence-corrected chi connectivity index (χ2v) is 5.40. The maximum Gasteiger partial charge on any atom is 0.169 e. The van der Waals surface area contributed by atoms with Gasteiger partial charge in [0.25, 0.3) is 0 Å². The summed E-state index contributed by atoms with van der Waals surface area (Å²) in [5, 5.41) is 9.16. The monoisotopic (exact) mass is 289 g/mol. The average molecular weight is 289 g/mol. The van der Waals surface area contributed by atoms with E-state index < -0.39 is 0 Å². The van der Waals surface area contributed by atoms with E-state index in [0.29, 0.717) is 22.6 Å². The molecule has 4 heteroatoms. The quantitative estimate of drug-likeness (QED) is 0.677. The SMILES string of the molecule is Cc1ccc(-c2nc3ccc(C#N)c(C)n3c2C=O)cc1C. The Morgan fingerprint density at radius 1 is 1.14 bits per heavy atom. The molecular weight excluding hydrogens is 274 g/mol. The molecule has 0 aliphatic heterocycles. The number of nitriles is 1. The van der Waals surface area contributed by atoms with Crippen molar-refractivity contribution in [1.82, 2.24) is 9.38 Å². The molecule has 0 radical (unpaired) electrons. The molecule has 2 aromatic heterocycles. The minimum atomic E-state index is 0.479. The molecule has 0 aliphatic carbocycles. The number of carbonyl (C=O) groups excluding carboxylic acids is 1. The summed E-state index contributed by atoms with van der Waals surface area (Å²) in [6.45, 7) is 5.91. The van der Waals surface area contributed by atoms with Crippen molar-refractivity contribution in [1.29, 1.82) is 5.26 Å². The number of aldehydes is 1. The van der Waals surface area contributed by atoms with E-state index in [4.69, 9.17) is 5.26 Å². The number of fused-ring (bicyclic) bond motifs is 1. The van der Waals surface area contributed by atoms with Gasteiger partial charge in [-0.2, -0.15) is 5.26 Å². The average Bonchev–Trinajstić information content (AvgIpc) is 2.90. The highest BCUT2D eigenvalue weighted by molar-refractivity contribution is 5.86. The highest BCUT2D eigenvalue weighted by Crippen LogP contribution is 2.27. The van der Waals surface area contributed by atoms with Crippen LogP contribution in [-0.4, -0.2) is 15.7 Å². The smallest absolute Gasteiger partial charge is 0.169 e. The first kappa shape index (κ1) is 14.0. The van der Waals surface area contributed by atoms with Gasteiger partial charge in [-0.1, -0.05) is 12.1 Å². The first-order valence-electron chi connectivity index (χ1n) is 7.01. The van der Waals surface area contributed by atoms with Gasteiger partial charge in [0.05, 0.1) is 5.56 Å². The molecule has 22 heavy (non-hydrogen) atoms. The molecule has 0 amide bonds. The van der Waals surface area contributed by atoms with Crippen LogP contribution >= 0.6 is 0 Å². The van der Waals surface area contributed by atoms with Crippen molar-refractivity contribution in [3.8, 4) is 17.3 Å². The highest BCUT2D eigenvalue weighted by atomic mass is 16.1. The van der Waals surface area contributed by atoms with Crippen LogP contribution in [0.1, 0.15) is 32.9 Å². The number of benzene rings is 1. The summed E-state index contributed by atoms with van der Waals surface area (Å²) in [5.74, 6) is 0. The summed E-state index contributed by atoms with van der Waals surface area (Å²) in [6.07, 6.45) is 0.804. The normalized spacial score (nSPS) is 10.6. The third-order valence-electron chi connectivity index (χ3n) is 4.08. The summed E-state index contributed by atoms with van der Waals surface area (Å²) in [6, 6.07) is 11.7. The van der Waals surface area contributed by atoms with Gasteiger partial charge in [-0.05, 0) is 50.1 Å². The van der Waals surface area contributed by atoms with Crippen LogP contribution in [0, 0.1) is 32.1 Å². The molecule has 0 saturated carbocycles. The van der Waals surface area contributed by atoms with Crippen molar-refractivity contribution < 1.29 is 4.79 Å². The topological polar surface area (TPSA) is 58.2 Å². The summed E-state index contributed by atoms with van der Waals surface area (Å²) in [5.41, 5.74) is 6.33. The fourth-order valence-electron chi connectivity index (χ4n) is 2.64. The number of rotatable bonds is 2. The van der Waals surface area contributed by atoms with Crippen molar-refractivity contribution in [2.24, 2.45) is 0 Å². The van der Waals surface area contributed by atoms with Gasteiger partial charge in [-0.15, -0.1) is 0 Å². The number of aryl methyl sites for hydroxylation is 3. The second kappa shape index (κ2) is 5.12. The first-order chi connectivity index (χ1) is 10.6. The summed E-state index contributed by atoms with van der Waals surface area (Å²) in [7, 11) is 0. The number of hydrogen-bond acceptors (Lipinski definition) is 3. The molecule has 0 spiro atoms. The summed E-state index contributed by atoms with van der Waals surface area (Å²) >= 11 is 0. The Kier molecular flexibility index (Phi) is 3.26. The summed E-state index contributed by atoms with van der Waals surface area (Å²) < 4.78 is 1.75. The molecule has 0 saturated heterocycles. The van der Waals surface area contributed by atoms with Crippen molar-refractivity contribution in [3.05, 3.63) is 58.4 Å². The van der Waals surface area contributed by atoms with Gasteiger partial charge in [0, 0.05) is 11.3 Å². The number of hydrogen-bond donors (Lipinski definition) is 0. The zero-order valence-electron chi connectivity index (χ0n) is 12.7. The van der Waals surface area contributed by atoms with Gasteiger partial charge < -0.3 is 0 Å². The molecule has 3 rings (SSSR count). The lowest BCUT2D eigenvalue weighted by molar-refractivity contribution is 0.111. The minimum Gasteiger partial charge on any atom is -0.296 e. The van der Waals surface area contributed by atoms with E-state index in [1.165, 1.54) is 5.56 Å². The van der Waals surface area contributed by atoms with E-state index in [0.717, 1.165) is 23.1 Å². The van der Waals surface area contributed by atoms with Gasteiger partial charge in [0.1, 0.15) is 23.1 Å². The first-order valence-corrected chi connectivity index (χ1v) is 7.01. The molecule has 0 fully saturated rings. The lowest BCUT2D eigenvalue weighted by atomic mass is 10.0. The molecule has 2 heterocycles. The Hall–Kier alpha value is -2.93. The molecule has 1 aromatic carbocycles. The number of carbonyl (C=O) groups is 1. The zero-order chi connectivity index (χ0) is 15.9. The van der Waals surface area contributed by atoms with Crippen LogP contribution in [0.2, 0.25) is 0 Å². The maximum atomic E-state index is 11.6. The molecule has 0 unspecified atom stereocenters. The van der Waals surface area contributed by atoms with E-state index in [1.54, 1.807) is 16.5 Å². The Morgan fingerprint density at radius 2 is 1.91 bits per heavy atom. The van der Waals surface area contributed by atoms with E-state index in [9.17, 15) is 4.79 Å². The molecule has 108 valence electrons. The molecule has 0 atom stereocenters. The third-order valence-corrected chi connectivity index (χ3v) is 4.08. The predicted molar refractivity (Wildman–Crippen MR) is 84.9 cm³/mol. The van der Waals surface area contributed by atoms with Crippen LogP contribution < -0.4 is 0 Å². The van der Waals surface area contributed by atoms with E-state index in [1.807, 2.05) is 39.0 Å². The van der Waals surface area contributed by atoms with Crippen LogP contribution in [0.25, 0.3) is 16.9 Å². The maximum absolute atomic E-state index is 11.6. The molecule has 0 N–H and O–H groups in total. The van der Waals surface area contributed by atoms with Gasteiger partial charge in [0.2, 0.25) is 0 Å². The van der Waals surface area contributed by atoms with Crippen molar-refractivity contribution in [2.45, 2.75) is 20.8 Å². The van der Waals surface area contributed by atoms with E-state index in [2.05, 4.69) is 11.1 Å². The van der Waals surface area contributed by atoms with Gasteiger partial charge in [-0.25, -0.2) is 4.98 Å². The third kappa shape index (κ3) is 1.99. The molecule has 0 aliphatic rings. The highest BCUT2D eigenvalue weighted by Gasteiger charge is 2.16. The molecule has 4 nitrogen and oxygen atoms in total. The predicted octanol–water partition coefficient (Wildman–Crippen LogP) is 3.61. The van der Waals surface area contributed by atoms with Gasteiger partial charge in [0.15, 0.2) is 6.29 Å². The molecule has 3 aromatic rings. The Balaban J connectivity index is 2.36. The lowest BCUT2D eigenvalue weighted by Gasteiger charge is -2.05. The number of aromatic nitrogens is 2. The lowest BCUT2D eigenvalue weighted by Crippen LogP contribution is -1.99. The van der Waals surface area contributed by atoms with Gasteiger partial charge >= 0.3 is 0 Å². The zero-order valence-corrected chi connectivity index (χ0v) is 12.7. The van der Waals surface area contributed by atoms with Crippen molar-refractivity contribution in [2.75, 3.05) is 0 Å². The van der Waals surface area contributed by atoms with E-state index >= 15 is 0 Å². The van der Waals surface area contributed by atoms with Gasteiger partial charge in [-0.3, -0.25) is 9.20 Å². The molecule has 0 bridgehead atoms. The minimum absolute atomic E-state index is 0.479. The fourth-order valence-corrected chi connectivity index (χ4v) is 2.64. The number of pyridine rings is 1. The van der Waals surface area contributed by atoms with Crippen LogP contribution in [-0.2, 0) is 0 Å². The van der Waals surface area contributed by atoms with Crippen LogP contribution in [0.3, 0.4) is 0 Å². The number of imidazole rings is 1. The largest absolute Gasteiger partial charge is 0.296 e. The second-order valence-electron chi connectivity index (χ2n) is 5.40. The van der Waals surface area contributed by atoms with Crippen LogP contribution in [0.4, 0.5) is 0 Å². The Morgan fingerprint density at radius 3 is 2.55 bits per heavy atom. The standard InChI is InChI=1S/C18H15N3O/c1-11-4-5-14(8-12(11)2)18-16(10-22)21-13(3)15(9-19)6-7-17(21)20-18/h4-8,10H,1-3H3. The Bertz CT molecular complexity index is 945. The number of nitrogens with zero attached hydrogens (tertiary/aromatic N) is 3. The van der Waals surface area contributed by atoms with Crippen LogP contribution in [0.15, 0.2) is 30.3 Å². The van der Waals surface area contributed by atoms with Crippen LogP contribution in [0.5, 0.6) is 0 Å². The summed E-state index contributed by atoms with van der Waals surface area (Å²) in [4.78, 5) is 16.2. The van der Waals surface area contributed by atoms with Crippen molar-refractivity contribution in [3.63, 3.8) is 0 Å².